The van der Waals surface area contributed by atoms with Crippen LogP contribution in [0.15, 0.2) is 46.9 Å². The van der Waals surface area contributed by atoms with Crippen LogP contribution in [0.5, 0.6) is 0 Å². The van der Waals surface area contributed by atoms with Gasteiger partial charge in [0.2, 0.25) is 5.89 Å². The van der Waals surface area contributed by atoms with E-state index in [0.717, 1.165) is 16.6 Å². The van der Waals surface area contributed by atoms with E-state index in [1.165, 1.54) is 0 Å². The minimum atomic E-state index is -0.344. The molecule has 1 atom stereocenters. The monoisotopic (exact) mass is 329 g/mol. The molecule has 0 radical (unpaired) electrons. The molecule has 4 nitrogen and oxygen atoms in total. The average molecular weight is 330 g/mol. The van der Waals surface area contributed by atoms with Crippen LogP contribution in [0.4, 0.5) is 0 Å². The van der Waals surface area contributed by atoms with E-state index in [0.29, 0.717) is 23.1 Å². The molecule has 0 aliphatic heterocycles. The molecule has 0 spiro atoms. The first-order valence-corrected chi connectivity index (χ1v) is 7.79. The minimum Gasteiger partial charge on any atom is -0.466 e. The van der Waals surface area contributed by atoms with Gasteiger partial charge in [0, 0.05) is 10.6 Å². The summed E-state index contributed by atoms with van der Waals surface area (Å²) in [5.74, 6) is -0.0645. The summed E-state index contributed by atoms with van der Waals surface area (Å²) in [5, 5.41) is 0.662. The highest BCUT2D eigenvalue weighted by molar-refractivity contribution is 6.30. The number of rotatable bonds is 4. The van der Waals surface area contributed by atoms with Gasteiger partial charge in [-0.3, -0.25) is 4.79 Å². The molecule has 0 aliphatic rings. The Morgan fingerprint density at radius 1 is 1.26 bits per heavy atom. The summed E-state index contributed by atoms with van der Waals surface area (Å²) in [6.07, 6.45) is 0. The maximum Gasteiger partial charge on any atom is 0.313 e. The lowest BCUT2D eigenvalue weighted by Crippen LogP contribution is -2.12. The molecule has 0 N–H and O–H groups in total. The number of ether oxygens (including phenoxy) is 1. The van der Waals surface area contributed by atoms with Gasteiger partial charge in [-0.15, -0.1) is 0 Å². The first-order valence-electron chi connectivity index (χ1n) is 7.41. The first-order chi connectivity index (χ1) is 11.1. The second kappa shape index (κ2) is 6.42. The predicted molar refractivity (Wildman–Crippen MR) is 89.5 cm³/mol. The van der Waals surface area contributed by atoms with Crippen molar-refractivity contribution in [1.82, 2.24) is 4.98 Å². The molecule has 1 heterocycles. The summed E-state index contributed by atoms with van der Waals surface area (Å²) < 4.78 is 10.9. The normalized spacial score (nSPS) is 12.3. The highest BCUT2D eigenvalue weighted by atomic mass is 35.5. The van der Waals surface area contributed by atoms with Crippen LogP contribution in [0, 0.1) is 0 Å². The summed E-state index contributed by atoms with van der Waals surface area (Å²) in [4.78, 5) is 16.3. The smallest absolute Gasteiger partial charge is 0.313 e. The van der Waals surface area contributed by atoms with Gasteiger partial charge in [-0.2, -0.15) is 0 Å². The third-order valence-corrected chi connectivity index (χ3v) is 3.90. The Hall–Kier alpha value is -2.33. The van der Waals surface area contributed by atoms with Crippen molar-refractivity contribution in [1.29, 1.82) is 0 Å². The Balaban J connectivity index is 1.94. The van der Waals surface area contributed by atoms with Crippen LogP contribution in [-0.2, 0) is 9.53 Å². The van der Waals surface area contributed by atoms with Crippen LogP contribution in [-0.4, -0.2) is 17.6 Å². The van der Waals surface area contributed by atoms with E-state index < -0.39 is 0 Å². The van der Waals surface area contributed by atoms with E-state index in [1.807, 2.05) is 37.3 Å². The summed E-state index contributed by atoms with van der Waals surface area (Å²) in [7, 11) is 0. The van der Waals surface area contributed by atoms with Crippen LogP contribution in [0.3, 0.4) is 0 Å². The average Bonchev–Trinajstić information content (AvgIpc) is 2.98. The second-order valence-electron chi connectivity index (χ2n) is 5.23. The first kappa shape index (κ1) is 15.6. The molecule has 0 bridgehead atoms. The summed E-state index contributed by atoms with van der Waals surface area (Å²) in [6.45, 7) is 3.98. The van der Waals surface area contributed by atoms with Gasteiger partial charge in [0.1, 0.15) is 5.52 Å². The van der Waals surface area contributed by atoms with Gasteiger partial charge in [-0.05, 0) is 55.8 Å². The van der Waals surface area contributed by atoms with Gasteiger partial charge < -0.3 is 9.15 Å². The van der Waals surface area contributed by atoms with Gasteiger partial charge in [0.15, 0.2) is 5.58 Å². The van der Waals surface area contributed by atoms with Crippen molar-refractivity contribution in [3.63, 3.8) is 0 Å². The third kappa shape index (κ3) is 3.22. The van der Waals surface area contributed by atoms with Crippen LogP contribution < -0.4 is 0 Å². The Labute approximate surface area is 139 Å². The predicted octanol–water partition coefficient (Wildman–Crippen LogP) is 4.81. The van der Waals surface area contributed by atoms with Gasteiger partial charge in [0.05, 0.1) is 12.5 Å². The molecule has 118 valence electrons. The van der Waals surface area contributed by atoms with Crippen molar-refractivity contribution < 1.29 is 13.9 Å². The molecule has 0 fully saturated rings. The molecular formula is C18H16ClNO3. The SMILES string of the molecule is CCOC(=O)C(C)c1ccc2nc(-c3ccc(Cl)cc3)oc2c1. The summed E-state index contributed by atoms with van der Waals surface area (Å²) >= 11 is 5.89. The molecule has 1 unspecified atom stereocenters. The number of esters is 1. The van der Waals surface area contributed by atoms with Crippen molar-refractivity contribution in [2.75, 3.05) is 6.61 Å². The Morgan fingerprint density at radius 3 is 2.70 bits per heavy atom. The van der Waals surface area contributed by atoms with Crippen LogP contribution in [0.25, 0.3) is 22.6 Å². The van der Waals surface area contributed by atoms with E-state index in [1.54, 1.807) is 19.1 Å². The maximum atomic E-state index is 11.9. The second-order valence-corrected chi connectivity index (χ2v) is 5.66. The number of aromatic nitrogens is 1. The quantitative estimate of drug-likeness (QED) is 0.644. The summed E-state index contributed by atoms with van der Waals surface area (Å²) in [5.41, 5.74) is 3.08. The molecule has 0 aliphatic carbocycles. The number of halogens is 1. The van der Waals surface area contributed by atoms with E-state index in [9.17, 15) is 4.79 Å². The van der Waals surface area contributed by atoms with Gasteiger partial charge >= 0.3 is 5.97 Å². The Morgan fingerprint density at radius 2 is 2.00 bits per heavy atom. The van der Waals surface area contributed by atoms with Crippen molar-refractivity contribution in [3.05, 3.63) is 53.1 Å². The highest BCUT2D eigenvalue weighted by Gasteiger charge is 2.18. The topological polar surface area (TPSA) is 52.3 Å². The molecule has 3 aromatic rings. The van der Waals surface area contributed by atoms with Gasteiger partial charge in [0.25, 0.3) is 0 Å². The van der Waals surface area contributed by atoms with Gasteiger partial charge in [-0.1, -0.05) is 17.7 Å². The lowest BCUT2D eigenvalue weighted by Gasteiger charge is -2.10. The number of benzene rings is 2. The number of nitrogens with zero attached hydrogens (tertiary/aromatic N) is 1. The number of carbonyl (C=O) groups is 1. The lowest BCUT2D eigenvalue weighted by molar-refractivity contribution is -0.144. The number of oxazole rings is 1. The summed E-state index contributed by atoms with van der Waals surface area (Å²) in [6, 6.07) is 12.9. The van der Waals surface area contributed by atoms with E-state index >= 15 is 0 Å². The molecule has 1 aromatic heterocycles. The Kier molecular flexibility index (Phi) is 4.35. The van der Waals surface area contributed by atoms with Crippen LogP contribution in [0.1, 0.15) is 25.3 Å². The van der Waals surface area contributed by atoms with Crippen LogP contribution >= 0.6 is 11.6 Å². The molecule has 2 aromatic carbocycles. The zero-order chi connectivity index (χ0) is 16.4. The number of fused-ring (bicyclic) bond motifs is 1. The van der Waals surface area contributed by atoms with Crippen molar-refractivity contribution >= 4 is 28.7 Å². The maximum absolute atomic E-state index is 11.9. The lowest BCUT2D eigenvalue weighted by atomic mass is 10.0. The van der Waals surface area contributed by atoms with Crippen molar-refractivity contribution in [2.24, 2.45) is 0 Å². The fourth-order valence-corrected chi connectivity index (χ4v) is 2.46. The van der Waals surface area contributed by atoms with Crippen LogP contribution in [0.2, 0.25) is 5.02 Å². The molecule has 0 saturated heterocycles. The van der Waals surface area contributed by atoms with Crippen molar-refractivity contribution in [3.8, 4) is 11.5 Å². The molecule has 5 heteroatoms. The highest BCUT2D eigenvalue weighted by Crippen LogP contribution is 2.28. The molecular weight excluding hydrogens is 314 g/mol. The fourth-order valence-electron chi connectivity index (χ4n) is 2.33. The van der Waals surface area contributed by atoms with E-state index in [2.05, 4.69) is 4.98 Å². The van der Waals surface area contributed by atoms with E-state index in [4.69, 9.17) is 20.8 Å². The largest absolute Gasteiger partial charge is 0.466 e. The molecule has 0 amide bonds. The van der Waals surface area contributed by atoms with Crippen molar-refractivity contribution in [2.45, 2.75) is 19.8 Å². The molecule has 3 rings (SSSR count). The third-order valence-electron chi connectivity index (χ3n) is 3.64. The zero-order valence-corrected chi connectivity index (χ0v) is 13.6. The number of carbonyl (C=O) groups excluding carboxylic acids is 1. The fraction of sp³-hybridized carbons (Fsp3) is 0.222. The zero-order valence-electron chi connectivity index (χ0n) is 12.9. The molecule has 23 heavy (non-hydrogen) atoms. The minimum absolute atomic E-state index is 0.246. The Bertz CT molecular complexity index is 839. The molecule has 0 saturated carbocycles. The van der Waals surface area contributed by atoms with E-state index in [-0.39, 0.29) is 11.9 Å². The number of hydrogen-bond donors (Lipinski definition) is 0. The standard InChI is InChI=1S/C18H16ClNO3/c1-3-22-18(21)11(2)13-6-9-15-16(10-13)23-17(20-15)12-4-7-14(19)8-5-12/h4-11H,3H2,1-2H3. The van der Waals surface area contributed by atoms with Gasteiger partial charge in [-0.25, -0.2) is 4.98 Å². The number of hydrogen-bond acceptors (Lipinski definition) is 4.